The summed E-state index contributed by atoms with van der Waals surface area (Å²) in [7, 11) is -2.99. The molecule has 0 aliphatic rings. The van der Waals surface area contributed by atoms with Crippen molar-refractivity contribution >= 4 is 69.0 Å². The molecule has 0 spiro atoms. The normalized spacial score (nSPS) is 11.1. The highest BCUT2D eigenvalue weighted by Crippen LogP contribution is 2.28. The Labute approximate surface area is 183 Å². The van der Waals surface area contributed by atoms with Gasteiger partial charge in [0.25, 0.3) is 0 Å². The highest BCUT2D eigenvalue weighted by molar-refractivity contribution is 6.63. The second kappa shape index (κ2) is 8.18. The van der Waals surface area contributed by atoms with E-state index in [-0.39, 0.29) is 0 Å². The van der Waals surface area contributed by atoms with Crippen LogP contribution in [0.3, 0.4) is 0 Å². The van der Waals surface area contributed by atoms with E-state index in [9.17, 15) is 20.1 Å². The lowest BCUT2D eigenvalue weighted by molar-refractivity contribution is 0.424. The van der Waals surface area contributed by atoms with Crippen molar-refractivity contribution in [2.75, 3.05) is 0 Å². The Kier molecular flexibility index (Phi) is 5.20. The van der Waals surface area contributed by atoms with E-state index < -0.39 is 14.2 Å². The van der Waals surface area contributed by atoms with Crippen LogP contribution in [0.5, 0.6) is 0 Å². The van der Waals surface area contributed by atoms with Gasteiger partial charge in [-0.3, -0.25) is 0 Å². The number of para-hydroxylation sites is 3. The highest BCUT2D eigenvalue weighted by atomic mass is 16.4. The summed E-state index contributed by atoms with van der Waals surface area (Å²) in [6, 6.07) is 25.8. The van der Waals surface area contributed by atoms with Gasteiger partial charge >= 0.3 is 14.2 Å². The average Bonchev–Trinajstić information content (AvgIpc) is 3.37. The fourth-order valence-electron chi connectivity index (χ4n) is 3.99. The van der Waals surface area contributed by atoms with Crippen molar-refractivity contribution in [2.24, 2.45) is 0 Å². The number of furan rings is 2. The Balaban J connectivity index is 0.000000135. The third-order valence-electron chi connectivity index (χ3n) is 5.43. The van der Waals surface area contributed by atoms with Gasteiger partial charge in [0.15, 0.2) is 0 Å². The first kappa shape index (κ1) is 20.4. The Hall–Kier alpha value is -3.55. The Morgan fingerprint density at radius 2 is 1.00 bits per heavy atom. The highest BCUT2D eigenvalue weighted by Gasteiger charge is 2.19. The lowest BCUT2D eigenvalue weighted by atomic mass is 9.77. The summed E-state index contributed by atoms with van der Waals surface area (Å²) in [5, 5.41) is 40.7. The van der Waals surface area contributed by atoms with E-state index in [1.165, 1.54) is 0 Å². The van der Waals surface area contributed by atoms with Crippen molar-refractivity contribution in [2.45, 2.75) is 0 Å². The molecule has 8 heteroatoms. The topological polar surface area (TPSA) is 107 Å². The van der Waals surface area contributed by atoms with E-state index in [0.29, 0.717) is 22.1 Å². The number of hydrogen-bond donors (Lipinski definition) is 4. The van der Waals surface area contributed by atoms with Crippen molar-refractivity contribution in [3.8, 4) is 0 Å². The van der Waals surface area contributed by atoms with Gasteiger partial charge in [0.1, 0.15) is 22.3 Å². The van der Waals surface area contributed by atoms with Gasteiger partial charge in [-0.1, -0.05) is 66.7 Å². The van der Waals surface area contributed by atoms with E-state index in [0.717, 1.165) is 32.7 Å². The first-order chi connectivity index (χ1) is 15.5. The van der Waals surface area contributed by atoms with Crippen LogP contribution in [-0.2, 0) is 0 Å². The molecule has 0 atom stereocenters. The van der Waals surface area contributed by atoms with Gasteiger partial charge in [0, 0.05) is 27.0 Å². The maximum Gasteiger partial charge on any atom is 0.492 e. The lowest BCUT2D eigenvalue weighted by Crippen LogP contribution is -2.30. The van der Waals surface area contributed by atoms with Crippen molar-refractivity contribution in [1.82, 2.24) is 0 Å². The van der Waals surface area contributed by atoms with Gasteiger partial charge < -0.3 is 28.9 Å². The predicted octanol–water partition coefficient (Wildman–Crippen LogP) is 2.53. The molecule has 0 aliphatic carbocycles. The van der Waals surface area contributed by atoms with E-state index in [2.05, 4.69) is 0 Å². The summed E-state index contributed by atoms with van der Waals surface area (Å²) in [5.74, 6) is 0. The van der Waals surface area contributed by atoms with Gasteiger partial charge in [-0.05, 0) is 23.7 Å². The largest absolute Gasteiger partial charge is 0.492 e. The second-order valence-corrected chi connectivity index (χ2v) is 7.39. The Bertz CT molecular complexity index is 1540. The molecule has 0 bridgehead atoms. The maximum absolute atomic E-state index is 9.31. The third kappa shape index (κ3) is 3.45. The molecule has 0 amide bonds. The van der Waals surface area contributed by atoms with Gasteiger partial charge in [-0.2, -0.15) is 0 Å². The van der Waals surface area contributed by atoms with Crippen LogP contribution in [0, 0.1) is 0 Å². The quantitative estimate of drug-likeness (QED) is 0.319. The number of fused-ring (bicyclic) bond motifs is 6. The molecule has 0 saturated heterocycles. The minimum absolute atomic E-state index is 0.397. The van der Waals surface area contributed by atoms with E-state index >= 15 is 0 Å². The molecule has 0 radical (unpaired) electrons. The number of hydrogen-bond acceptors (Lipinski definition) is 6. The first-order valence-corrected chi connectivity index (χ1v) is 10.1. The summed E-state index contributed by atoms with van der Waals surface area (Å²) < 4.78 is 11.2. The zero-order valence-corrected chi connectivity index (χ0v) is 16.8. The fraction of sp³-hybridized carbons (Fsp3) is 0. The van der Waals surface area contributed by atoms with E-state index in [1.807, 2.05) is 60.7 Å². The summed E-state index contributed by atoms with van der Waals surface area (Å²) in [5.41, 5.74) is 3.60. The second-order valence-electron chi connectivity index (χ2n) is 7.39. The van der Waals surface area contributed by atoms with Crippen LogP contribution in [0.4, 0.5) is 0 Å². The minimum atomic E-state index is -1.51. The summed E-state index contributed by atoms with van der Waals surface area (Å²) in [4.78, 5) is 0. The van der Waals surface area contributed by atoms with Crippen molar-refractivity contribution < 1.29 is 28.9 Å². The molecular formula is C24H18B2O6. The number of benzene rings is 4. The fourth-order valence-corrected chi connectivity index (χ4v) is 3.99. The van der Waals surface area contributed by atoms with Crippen molar-refractivity contribution in [3.05, 3.63) is 84.9 Å². The van der Waals surface area contributed by atoms with E-state index in [4.69, 9.17) is 8.83 Å². The summed E-state index contributed by atoms with van der Waals surface area (Å²) >= 11 is 0. The molecule has 156 valence electrons. The molecule has 0 unspecified atom stereocenters. The van der Waals surface area contributed by atoms with Crippen LogP contribution in [0.15, 0.2) is 93.8 Å². The Morgan fingerprint density at radius 3 is 1.72 bits per heavy atom. The smallest absolute Gasteiger partial charge is 0.456 e. The lowest BCUT2D eigenvalue weighted by Gasteiger charge is -2.00. The van der Waals surface area contributed by atoms with E-state index in [1.54, 1.807) is 24.3 Å². The molecule has 2 aromatic heterocycles. The van der Waals surface area contributed by atoms with Crippen LogP contribution in [0.1, 0.15) is 0 Å². The van der Waals surface area contributed by atoms with Gasteiger partial charge in [-0.15, -0.1) is 0 Å². The van der Waals surface area contributed by atoms with Crippen LogP contribution in [0.25, 0.3) is 43.9 Å². The van der Waals surface area contributed by atoms with Gasteiger partial charge in [0.05, 0.1) is 0 Å². The summed E-state index contributed by atoms with van der Waals surface area (Å²) in [6.07, 6.45) is 0. The predicted molar refractivity (Wildman–Crippen MR) is 127 cm³/mol. The SMILES string of the molecule is OB(O)c1cccc2c1oc1ccccc12.OB(O)c1cccc2oc3ccccc3c12. The summed E-state index contributed by atoms with van der Waals surface area (Å²) in [6.45, 7) is 0. The molecule has 0 fully saturated rings. The molecule has 4 N–H and O–H groups in total. The third-order valence-corrected chi connectivity index (χ3v) is 5.43. The van der Waals surface area contributed by atoms with Gasteiger partial charge in [0.2, 0.25) is 0 Å². The molecule has 0 saturated carbocycles. The van der Waals surface area contributed by atoms with Crippen molar-refractivity contribution in [1.29, 1.82) is 0 Å². The van der Waals surface area contributed by atoms with Crippen LogP contribution < -0.4 is 10.9 Å². The molecule has 2 heterocycles. The molecule has 32 heavy (non-hydrogen) atoms. The first-order valence-electron chi connectivity index (χ1n) is 10.1. The number of rotatable bonds is 2. The van der Waals surface area contributed by atoms with Gasteiger partial charge in [-0.25, -0.2) is 0 Å². The Morgan fingerprint density at radius 1 is 0.469 bits per heavy atom. The van der Waals surface area contributed by atoms with Crippen LogP contribution >= 0.6 is 0 Å². The van der Waals surface area contributed by atoms with Crippen LogP contribution in [0.2, 0.25) is 0 Å². The molecular weight excluding hydrogens is 406 g/mol. The molecule has 6 nitrogen and oxygen atoms in total. The molecule has 6 rings (SSSR count). The maximum atomic E-state index is 9.31. The molecule has 0 aliphatic heterocycles. The molecule has 4 aromatic carbocycles. The monoisotopic (exact) mass is 424 g/mol. The average molecular weight is 424 g/mol. The molecule has 6 aromatic rings. The minimum Gasteiger partial charge on any atom is -0.456 e. The van der Waals surface area contributed by atoms with Crippen molar-refractivity contribution in [3.63, 3.8) is 0 Å². The standard InChI is InChI=1S/2C12H9BO3/c14-13(15)10-6-3-5-9-8-4-1-2-7-11(8)16-12(9)10;14-13(15)9-5-3-7-11-12(9)8-4-1-2-6-10(8)16-11/h2*1-7,14-15H. The zero-order chi connectivity index (χ0) is 22.2. The van der Waals surface area contributed by atoms with Crippen LogP contribution in [-0.4, -0.2) is 34.3 Å². The zero-order valence-electron chi connectivity index (χ0n) is 16.8.